The number of hydrogen-bond acceptors (Lipinski definition) is 1. The maximum atomic E-state index is 6.11. The minimum absolute atomic E-state index is 0.676. The van der Waals surface area contributed by atoms with Crippen LogP contribution < -0.4 is 5.32 Å². The highest BCUT2D eigenvalue weighted by atomic mass is 35.5. The van der Waals surface area contributed by atoms with E-state index >= 15 is 0 Å². The smallest absolute Gasteiger partial charge is 0.0438 e. The summed E-state index contributed by atoms with van der Waals surface area (Å²) in [5.74, 6) is 0.676. The maximum Gasteiger partial charge on any atom is 0.0438 e. The van der Waals surface area contributed by atoms with Crippen molar-refractivity contribution in [3.63, 3.8) is 0 Å². The molecule has 0 bridgehead atoms. The van der Waals surface area contributed by atoms with Gasteiger partial charge in [0.2, 0.25) is 0 Å². The topological polar surface area (TPSA) is 12.0 Å². The van der Waals surface area contributed by atoms with Gasteiger partial charge in [-0.05, 0) is 61.9 Å². The summed E-state index contributed by atoms with van der Waals surface area (Å²) < 4.78 is 0. The van der Waals surface area contributed by atoms with Crippen LogP contribution >= 0.6 is 11.6 Å². The number of halogens is 1. The zero-order valence-corrected chi connectivity index (χ0v) is 10.2. The monoisotopic (exact) mass is 223 g/mol. The number of rotatable bonds is 1. The summed E-state index contributed by atoms with van der Waals surface area (Å²) in [6, 6.07) is 4.23. The van der Waals surface area contributed by atoms with Crippen LogP contribution in [0.3, 0.4) is 0 Å². The Kier molecular flexibility index (Phi) is 3.32. The van der Waals surface area contributed by atoms with Crippen LogP contribution in [0.5, 0.6) is 0 Å². The molecule has 1 aliphatic rings. The van der Waals surface area contributed by atoms with Gasteiger partial charge in [-0.3, -0.25) is 0 Å². The third-order valence-corrected chi connectivity index (χ3v) is 3.91. The molecule has 0 spiro atoms. The summed E-state index contributed by atoms with van der Waals surface area (Å²) in [4.78, 5) is 0. The zero-order chi connectivity index (χ0) is 10.8. The lowest BCUT2D eigenvalue weighted by Gasteiger charge is -2.25. The highest BCUT2D eigenvalue weighted by Crippen LogP contribution is 2.30. The van der Waals surface area contributed by atoms with Crippen LogP contribution in [0.2, 0.25) is 5.02 Å². The van der Waals surface area contributed by atoms with E-state index < -0.39 is 0 Å². The molecule has 1 aromatic rings. The molecule has 1 heterocycles. The van der Waals surface area contributed by atoms with E-state index in [1.807, 2.05) is 6.07 Å². The van der Waals surface area contributed by atoms with Crippen LogP contribution in [0.15, 0.2) is 12.1 Å². The molecule has 1 unspecified atom stereocenters. The van der Waals surface area contributed by atoms with E-state index in [1.54, 1.807) is 0 Å². The van der Waals surface area contributed by atoms with Crippen molar-refractivity contribution in [3.05, 3.63) is 33.8 Å². The van der Waals surface area contributed by atoms with Gasteiger partial charge < -0.3 is 5.32 Å². The summed E-state index contributed by atoms with van der Waals surface area (Å²) in [7, 11) is 0. The summed E-state index contributed by atoms with van der Waals surface area (Å²) in [5.41, 5.74) is 4.08. The van der Waals surface area contributed by atoms with Crippen molar-refractivity contribution in [2.24, 2.45) is 0 Å². The molecular formula is C13H18ClN. The molecule has 15 heavy (non-hydrogen) atoms. The van der Waals surface area contributed by atoms with E-state index in [0.29, 0.717) is 5.92 Å². The van der Waals surface area contributed by atoms with Crippen molar-refractivity contribution >= 4 is 11.6 Å². The highest BCUT2D eigenvalue weighted by molar-refractivity contribution is 6.31. The van der Waals surface area contributed by atoms with Gasteiger partial charge in [0, 0.05) is 11.6 Å². The Labute approximate surface area is 96.8 Å². The lowest BCUT2D eigenvalue weighted by molar-refractivity contribution is 0.460. The van der Waals surface area contributed by atoms with E-state index in [4.69, 9.17) is 11.6 Å². The lowest BCUT2D eigenvalue weighted by atomic mass is 9.87. The molecule has 1 saturated heterocycles. The standard InChI is InChI=1S/C13H18ClN/c1-9-10(2)13(14)6-5-12(9)11-4-3-7-15-8-11/h5-6,11,15H,3-4,7-8H2,1-2H3. The van der Waals surface area contributed by atoms with E-state index in [9.17, 15) is 0 Å². The Balaban J connectivity index is 2.31. The SMILES string of the molecule is Cc1c(Cl)ccc(C2CCCNC2)c1C. The molecule has 0 aliphatic carbocycles. The van der Waals surface area contributed by atoms with Crippen molar-refractivity contribution in [1.82, 2.24) is 5.32 Å². The molecule has 0 radical (unpaired) electrons. The first kappa shape index (κ1) is 11.0. The highest BCUT2D eigenvalue weighted by Gasteiger charge is 2.17. The van der Waals surface area contributed by atoms with Crippen LogP contribution in [-0.2, 0) is 0 Å². The first-order valence-corrected chi connectivity index (χ1v) is 6.04. The minimum atomic E-state index is 0.676. The van der Waals surface area contributed by atoms with E-state index in [-0.39, 0.29) is 0 Å². The molecule has 1 fully saturated rings. The van der Waals surface area contributed by atoms with Crippen molar-refractivity contribution in [1.29, 1.82) is 0 Å². The first-order chi connectivity index (χ1) is 7.20. The second kappa shape index (κ2) is 4.54. The van der Waals surface area contributed by atoms with Gasteiger partial charge >= 0.3 is 0 Å². The van der Waals surface area contributed by atoms with E-state index in [2.05, 4.69) is 25.2 Å². The Bertz CT molecular complexity index is 354. The second-order valence-corrected chi connectivity index (χ2v) is 4.84. The van der Waals surface area contributed by atoms with Crippen molar-refractivity contribution in [3.8, 4) is 0 Å². The van der Waals surface area contributed by atoms with Gasteiger partial charge in [-0.15, -0.1) is 0 Å². The summed E-state index contributed by atoms with van der Waals surface area (Å²) in [6.45, 7) is 6.58. The van der Waals surface area contributed by atoms with Gasteiger partial charge in [0.05, 0.1) is 0 Å². The first-order valence-electron chi connectivity index (χ1n) is 5.66. The molecule has 0 aromatic heterocycles. The zero-order valence-electron chi connectivity index (χ0n) is 9.44. The summed E-state index contributed by atoms with van der Waals surface area (Å²) >= 11 is 6.11. The van der Waals surface area contributed by atoms with Crippen molar-refractivity contribution in [2.45, 2.75) is 32.6 Å². The van der Waals surface area contributed by atoms with Gasteiger partial charge in [-0.25, -0.2) is 0 Å². The fourth-order valence-corrected chi connectivity index (χ4v) is 2.57. The Morgan fingerprint density at radius 3 is 2.73 bits per heavy atom. The number of piperidine rings is 1. The van der Waals surface area contributed by atoms with Crippen LogP contribution in [0.25, 0.3) is 0 Å². The third-order valence-electron chi connectivity index (χ3n) is 3.50. The molecule has 1 aliphatic heterocycles. The quantitative estimate of drug-likeness (QED) is 0.770. The van der Waals surface area contributed by atoms with Crippen molar-refractivity contribution < 1.29 is 0 Å². The fourth-order valence-electron chi connectivity index (χ4n) is 2.37. The molecule has 1 N–H and O–H groups in total. The second-order valence-electron chi connectivity index (χ2n) is 4.43. The average Bonchev–Trinajstić information content (AvgIpc) is 2.27. The predicted octanol–water partition coefficient (Wildman–Crippen LogP) is 3.42. The molecule has 0 amide bonds. The molecule has 2 rings (SSSR count). The molecule has 1 aromatic carbocycles. The minimum Gasteiger partial charge on any atom is -0.316 e. The average molecular weight is 224 g/mol. The lowest BCUT2D eigenvalue weighted by Crippen LogP contribution is -2.28. The molecular weight excluding hydrogens is 206 g/mol. The maximum absolute atomic E-state index is 6.11. The van der Waals surface area contributed by atoms with Crippen LogP contribution in [0.1, 0.15) is 35.4 Å². The van der Waals surface area contributed by atoms with Gasteiger partial charge in [-0.2, -0.15) is 0 Å². The number of benzene rings is 1. The fraction of sp³-hybridized carbons (Fsp3) is 0.538. The van der Waals surface area contributed by atoms with Gasteiger partial charge in [0.1, 0.15) is 0 Å². The van der Waals surface area contributed by atoms with Crippen LogP contribution in [-0.4, -0.2) is 13.1 Å². The Hall–Kier alpha value is -0.530. The van der Waals surface area contributed by atoms with Crippen molar-refractivity contribution in [2.75, 3.05) is 13.1 Å². The number of hydrogen-bond donors (Lipinski definition) is 1. The van der Waals surface area contributed by atoms with Crippen LogP contribution in [0.4, 0.5) is 0 Å². The summed E-state index contributed by atoms with van der Waals surface area (Å²) in [5, 5.41) is 4.35. The summed E-state index contributed by atoms with van der Waals surface area (Å²) in [6.07, 6.45) is 2.58. The molecule has 82 valence electrons. The largest absolute Gasteiger partial charge is 0.316 e. The van der Waals surface area contributed by atoms with E-state index in [1.165, 1.54) is 36.1 Å². The Morgan fingerprint density at radius 1 is 1.27 bits per heavy atom. The molecule has 1 atom stereocenters. The number of nitrogens with one attached hydrogen (secondary N) is 1. The van der Waals surface area contributed by atoms with Gasteiger partial charge in [0.15, 0.2) is 0 Å². The predicted molar refractivity (Wildman–Crippen MR) is 65.8 cm³/mol. The third kappa shape index (κ3) is 2.19. The normalized spacial score (nSPS) is 21.7. The molecule has 0 saturated carbocycles. The van der Waals surface area contributed by atoms with Gasteiger partial charge in [0.25, 0.3) is 0 Å². The molecule has 2 heteroatoms. The van der Waals surface area contributed by atoms with Gasteiger partial charge in [-0.1, -0.05) is 17.7 Å². The molecule has 1 nitrogen and oxygen atoms in total. The van der Waals surface area contributed by atoms with Crippen LogP contribution in [0, 0.1) is 13.8 Å². The Morgan fingerprint density at radius 2 is 2.07 bits per heavy atom. The van der Waals surface area contributed by atoms with E-state index in [0.717, 1.165) is 11.6 Å².